The highest BCUT2D eigenvalue weighted by Gasteiger charge is 2.48. The number of carbonyl (C=O) groups excluding carboxylic acids is 3. The fourth-order valence-corrected chi connectivity index (χ4v) is 4.44. The van der Waals surface area contributed by atoms with Crippen molar-refractivity contribution in [2.75, 3.05) is 0 Å². The number of ketones is 1. The van der Waals surface area contributed by atoms with Crippen LogP contribution in [0.4, 0.5) is 0 Å². The van der Waals surface area contributed by atoms with E-state index in [0.29, 0.717) is 19.1 Å². The van der Waals surface area contributed by atoms with Gasteiger partial charge in [-0.3, -0.25) is 14.9 Å². The van der Waals surface area contributed by atoms with Crippen LogP contribution in [0.2, 0.25) is 0 Å². The highest BCUT2D eigenvalue weighted by atomic mass is 16.4. The van der Waals surface area contributed by atoms with Crippen LogP contribution in [0.25, 0.3) is 0 Å². The predicted molar refractivity (Wildman–Crippen MR) is 95.6 cm³/mol. The topological polar surface area (TPSA) is 104 Å². The lowest BCUT2D eigenvalue weighted by Crippen LogP contribution is -2.55. The lowest BCUT2D eigenvalue weighted by molar-refractivity contribution is -0.150. The lowest BCUT2D eigenvalue weighted by Gasteiger charge is -2.35. The monoisotopic (exact) mass is 366 g/mol. The van der Waals surface area contributed by atoms with Gasteiger partial charge in [-0.1, -0.05) is 26.2 Å². The number of nitrogens with one attached hydrogen (secondary N) is 1. The van der Waals surface area contributed by atoms with Crippen molar-refractivity contribution in [2.45, 2.75) is 89.4 Å². The van der Waals surface area contributed by atoms with Crippen LogP contribution in [0.3, 0.4) is 0 Å². The maximum atomic E-state index is 13.1. The van der Waals surface area contributed by atoms with Crippen molar-refractivity contribution < 1.29 is 24.3 Å². The van der Waals surface area contributed by atoms with Crippen molar-refractivity contribution in [1.29, 1.82) is 0 Å². The first-order valence-corrected chi connectivity index (χ1v) is 9.68. The van der Waals surface area contributed by atoms with Crippen LogP contribution in [-0.4, -0.2) is 58.1 Å². The minimum atomic E-state index is -0.956. The van der Waals surface area contributed by atoms with E-state index in [4.69, 9.17) is 0 Å². The van der Waals surface area contributed by atoms with Gasteiger partial charge in [-0.15, -0.1) is 0 Å². The molecule has 1 aliphatic carbocycles. The predicted octanol–water partition coefficient (Wildman–Crippen LogP) is 1.54. The van der Waals surface area contributed by atoms with Gasteiger partial charge in [0.15, 0.2) is 5.78 Å². The Kier molecular flexibility index (Phi) is 7.32. The standard InChI is InChI=1S/C19H30N2O5/c1-3-6-14(17(23)9-10-22)20-12(2)18(24)21-15-8-5-4-7-13(15)11-16(21)19(25)26/h10,12-16,20H,3-9,11H2,1-2H3,(H,25,26)/t12-,13-,14-,15-,16-/m0/s1. The molecule has 1 heterocycles. The van der Waals surface area contributed by atoms with E-state index in [9.17, 15) is 24.3 Å². The number of carboxylic acid groups (broad SMARTS) is 1. The second-order valence-electron chi connectivity index (χ2n) is 7.51. The number of amides is 1. The highest BCUT2D eigenvalue weighted by Crippen LogP contribution is 2.40. The molecule has 5 atom stereocenters. The van der Waals surface area contributed by atoms with Crippen LogP contribution < -0.4 is 5.32 Å². The maximum Gasteiger partial charge on any atom is 0.326 e. The van der Waals surface area contributed by atoms with Crippen molar-refractivity contribution in [3.05, 3.63) is 0 Å². The summed E-state index contributed by atoms with van der Waals surface area (Å²) in [5.41, 5.74) is 0. The van der Waals surface area contributed by atoms with Gasteiger partial charge in [0.1, 0.15) is 12.3 Å². The fraction of sp³-hybridized carbons (Fsp3) is 0.789. The summed E-state index contributed by atoms with van der Waals surface area (Å²) in [6.07, 6.45) is 6.11. The summed E-state index contributed by atoms with van der Waals surface area (Å²) in [4.78, 5) is 49.0. The maximum absolute atomic E-state index is 13.1. The molecule has 2 fully saturated rings. The van der Waals surface area contributed by atoms with E-state index in [0.717, 1.165) is 32.1 Å². The van der Waals surface area contributed by atoms with Gasteiger partial charge >= 0.3 is 5.97 Å². The quantitative estimate of drug-likeness (QED) is 0.474. The second-order valence-corrected chi connectivity index (χ2v) is 7.51. The van der Waals surface area contributed by atoms with Crippen LogP contribution in [0.5, 0.6) is 0 Å². The number of hydrogen-bond donors (Lipinski definition) is 2. The van der Waals surface area contributed by atoms with E-state index < -0.39 is 24.1 Å². The first-order valence-electron chi connectivity index (χ1n) is 9.68. The molecule has 0 radical (unpaired) electrons. The molecule has 146 valence electrons. The van der Waals surface area contributed by atoms with Crippen molar-refractivity contribution in [3.63, 3.8) is 0 Å². The normalized spacial score (nSPS) is 27.5. The Hall–Kier alpha value is -1.76. The van der Waals surface area contributed by atoms with E-state index in [1.54, 1.807) is 11.8 Å². The molecule has 1 aliphatic heterocycles. The van der Waals surface area contributed by atoms with Gasteiger partial charge in [-0.25, -0.2) is 4.79 Å². The Morgan fingerprint density at radius 1 is 1.27 bits per heavy atom. The van der Waals surface area contributed by atoms with Crippen molar-refractivity contribution >= 4 is 23.9 Å². The minimum Gasteiger partial charge on any atom is -0.480 e. The zero-order chi connectivity index (χ0) is 19.3. The van der Waals surface area contributed by atoms with E-state index in [2.05, 4.69) is 5.32 Å². The molecule has 0 spiro atoms. The molecule has 26 heavy (non-hydrogen) atoms. The summed E-state index contributed by atoms with van der Waals surface area (Å²) in [7, 11) is 0. The molecule has 0 aromatic heterocycles. The molecule has 1 amide bonds. The number of carbonyl (C=O) groups is 4. The Bertz CT molecular complexity index is 550. The minimum absolute atomic E-state index is 0.0168. The smallest absolute Gasteiger partial charge is 0.326 e. The molecule has 1 saturated heterocycles. The number of carboxylic acids is 1. The first-order chi connectivity index (χ1) is 12.4. The molecular weight excluding hydrogens is 336 g/mol. The second kappa shape index (κ2) is 9.26. The molecule has 1 saturated carbocycles. The molecule has 2 aliphatic rings. The zero-order valence-electron chi connectivity index (χ0n) is 15.6. The van der Waals surface area contributed by atoms with Gasteiger partial charge < -0.3 is 14.8 Å². The molecule has 0 bridgehead atoms. The molecule has 0 aromatic rings. The third-order valence-electron chi connectivity index (χ3n) is 5.70. The molecule has 2 N–H and O–H groups in total. The number of nitrogens with zero attached hydrogens (tertiary/aromatic N) is 1. The van der Waals surface area contributed by atoms with Gasteiger partial charge in [0.25, 0.3) is 0 Å². The van der Waals surface area contributed by atoms with Gasteiger partial charge in [-0.05, 0) is 38.5 Å². The number of hydrogen-bond acceptors (Lipinski definition) is 5. The van der Waals surface area contributed by atoms with E-state index in [1.807, 2.05) is 6.92 Å². The van der Waals surface area contributed by atoms with Crippen molar-refractivity contribution in [2.24, 2.45) is 5.92 Å². The molecular formula is C19H30N2O5. The first kappa shape index (κ1) is 20.6. The summed E-state index contributed by atoms with van der Waals surface area (Å²) in [6, 6.07) is -2.02. The molecule has 0 unspecified atom stereocenters. The average molecular weight is 366 g/mol. The van der Waals surface area contributed by atoms with E-state index >= 15 is 0 Å². The Balaban J connectivity index is 2.12. The third-order valence-corrected chi connectivity index (χ3v) is 5.70. The molecule has 0 aromatic carbocycles. The summed E-state index contributed by atoms with van der Waals surface area (Å²) >= 11 is 0. The zero-order valence-corrected chi connectivity index (χ0v) is 15.6. The van der Waals surface area contributed by atoms with Crippen molar-refractivity contribution in [3.8, 4) is 0 Å². The Morgan fingerprint density at radius 2 is 1.96 bits per heavy atom. The third kappa shape index (κ3) is 4.50. The van der Waals surface area contributed by atoms with Crippen molar-refractivity contribution in [1.82, 2.24) is 10.2 Å². The SMILES string of the molecule is CCC[C@H](N[C@@H](C)C(=O)N1[C@H](C(=O)O)C[C@@H]2CCCC[C@@H]21)C(=O)CC=O. The van der Waals surface area contributed by atoms with Gasteiger partial charge in [0, 0.05) is 6.04 Å². The summed E-state index contributed by atoms with van der Waals surface area (Å²) in [5.74, 6) is -1.19. The number of aliphatic carboxylic acids is 1. The number of fused-ring (bicyclic) bond motifs is 1. The van der Waals surface area contributed by atoms with Crippen LogP contribution in [0, 0.1) is 5.92 Å². The number of rotatable bonds is 9. The molecule has 2 rings (SSSR count). The van der Waals surface area contributed by atoms with E-state index in [1.165, 1.54) is 0 Å². The highest BCUT2D eigenvalue weighted by molar-refractivity contribution is 5.94. The summed E-state index contributed by atoms with van der Waals surface area (Å²) in [5, 5.41) is 12.6. The van der Waals surface area contributed by atoms with Gasteiger partial charge in [-0.2, -0.15) is 0 Å². The van der Waals surface area contributed by atoms with Crippen LogP contribution in [0.15, 0.2) is 0 Å². The van der Waals surface area contributed by atoms with Gasteiger partial charge in [0.2, 0.25) is 5.91 Å². The number of likely N-dealkylation sites (tertiary alicyclic amines) is 1. The largest absolute Gasteiger partial charge is 0.480 e. The van der Waals surface area contributed by atoms with Crippen LogP contribution in [-0.2, 0) is 19.2 Å². The van der Waals surface area contributed by atoms with E-state index in [-0.39, 0.29) is 30.1 Å². The Morgan fingerprint density at radius 3 is 2.58 bits per heavy atom. The number of Topliss-reactive ketones (excluding diaryl/α,β-unsaturated/α-hetero) is 1. The van der Waals surface area contributed by atoms with Gasteiger partial charge in [0.05, 0.1) is 18.5 Å². The number of aldehydes is 1. The summed E-state index contributed by atoms with van der Waals surface area (Å²) < 4.78 is 0. The fourth-order valence-electron chi connectivity index (χ4n) is 4.44. The molecule has 7 heteroatoms. The lowest BCUT2D eigenvalue weighted by atomic mass is 9.84. The molecule has 7 nitrogen and oxygen atoms in total. The van der Waals surface area contributed by atoms with Crippen LogP contribution >= 0.6 is 0 Å². The van der Waals surface area contributed by atoms with Crippen LogP contribution in [0.1, 0.15) is 65.2 Å². The summed E-state index contributed by atoms with van der Waals surface area (Å²) in [6.45, 7) is 3.61. The Labute approximate surface area is 154 Å². The average Bonchev–Trinajstić information content (AvgIpc) is 3.00.